The fourth-order valence-corrected chi connectivity index (χ4v) is 3.78. The lowest BCUT2D eigenvalue weighted by atomic mass is 9.93. The van der Waals surface area contributed by atoms with Crippen LogP contribution in [-0.4, -0.2) is 48.2 Å². The van der Waals surface area contributed by atoms with Crippen LogP contribution < -0.4 is 4.90 Å². The molecule has 114 valence electrons. The summed E-state index contributed by atoms with van der Waals surface area (Å²) in [5.41, 5.74) is 2.69. The Morgan fingerprint density at radius 2 is 2.05 bits per heavy atom. The molecule has 2 aliphatic heterocycles. The van der Waals surface area contributed by atoms with E-state index in [9.17, 15) is 9.90 Å². The number of carbonyl (C=O) groups is 1. The van der Waals surface area contributed by atoms with Crippen molar-refractivity contribution in [3.63, 3.8) is 0 Å². The maximum Gasteiger partial charge on any atom is 0.336 e. The molecule has 0 aliphatic carbocycles. The largest absolute Gasteiger partial charge is 0.478 e. The van der Waals surface area contributed by atoms with E-state index in [1.807, 2.05) is 6.07 Å². The zero-order valence-corrected chi connectivity index (χ0v) is 12.7. The molecule has 0 bridgehead atoms. The molecule has 2 aliphatic rings. The van der Waals surface area contributed by atoms with Gasteiger partial charge in [0.2, 0.25) is 0 Å². The van der Waals surface area contributed by atoms with Gasteiger partial charge in [-0.05, 0) is 49.9 Å². The fourth-order valence-electron chi connectivity index (χ4n) is 3.78. The van der Waals surface area contributed by atoms with Gasteiger partial charge in [0.1, 0.15) is 0 Å². The highest BCUT2D eigenvalue weighted by Crippen LogP contribution is 2.33. The number of likely N-dealkylation sites (tertiary alicyclic amines) is 1. The maximum absolute atomic E-state index is 11.4. The molecule has 0 saturated carbocycles. The quantitative estimate of drug-likeness (QED) is 0.928. The van der Waals surface area contributed by atoms with Crippen molar-refractivity contribution in [3.05, 3.63) is 29.3 Å². The first-order valence-electron chi connectivity index (χ1n) is 8.05. The van der Waals surface area contributed by atoms with Gasteiger partial charge in [-0.3, -0.25) is 0 Å². The van der Waals surface area contributed by atoms with Crippen LogP contribution in [0.4, 0.5) is 5.69 Å². The molecule has 2 heterocycles. The van der Waals surface area contributed by atoms with E-state index in [4.69, 9.17) is 0 Å². The molecular weight excluding hydrogens is 264 g/mol. The molecule has 21 heavy (non-hydrogen) atoms. The van der Waals surface area contributed by atoms with Crippen LogP contribution in [0.25, 0.3) is 0 Å². The minimum atomic E-state index is -0.797. The highest BCUT2D eigenvalue weighted by atomic mass is 16.4. The van der Waals surface area contributed by atoms with Crippen molar-refractivity contribution < 1.29 is 9.90 Å². The van der Waals surface area contributed by atoms with Gasteiger partial charge >= 0.3 is 5.97 Å². The average molecular weight is 288 g/mol. The summed E-state index contributed by atoms with van der Waals surface area (Å²) in [4.78, 5) is 16.4. The van der Waals surface area contributed by atoms with E-state index in [-0.39, 0.29) is 0 Å². The van der Waals surface area contributed by atoms with Gasteiger partial charge in [-0.15, -0.1) is 0 Å². The SMILES string of the molecule is CCN1CCC(N2CCCc3c(C(=O)O)cccc32)CC1. The van der Waals surface area contributed by atoms with E-state index in [0.29, 0.717) is 11.6 Å². The van der Waals surface area contributed by atoms with Gasteiger partial charge in [0, 0.05) is 31.4 Å². The van der Waals surface area contributed by atoms with Crippen LogP contribution in [0.1, 0.15) is 42.1 Å². The van der Waals surface area contributed by atoms with Crippen molar-refractivity contribution >= 4 is 11.7 Å². The van der Waals surface area contributed by atoms with Gasteiger partial charge in [-0.1, -0.05) is 13.0 Å². The first-order valence-corrected chi connectivity index (χ1v) is 8.05. The smallest absolute Gasteiger partial charge is 0.336 e. The molecule has 0 radical (unpaired) electrons. The number of aromatic carboxylic acids is 1. The van der Waals surface area contributed by atoms with Gasteiger partial charge in [0.15, 0.2) is 0 Å². The Kier molecular flexibility index (Phi) is 4.15. The molecule has 0 amide bonds. The number of piperidine rings is 1. The second kappa shape index (κ2) is 6.06. The predicted molar refractivity (Wildman–Crippen MR) is 84.2 cm³/mol. The monoisotopic (exact) mass is 288 g/mol. The summed E-state index contributed by atoms with van der Waals surface area (Å²) in [6, 6.07) is 6.30. The molecule has 1 aromatic carbocycles. The van der Waals surface area contributed by atoms with Crippen LogP contribution in [0.3, 0.4) is 0 Å². The first kappa shape index (κ1) is 14.4. The van der Waals surface area contributed by atoms with Crippen LogP contribution in [0.2, 0.25) is 0 Å². The predicted octanol–water partition coefficient (Wildman–Crippen LogP) is 2.62. The van der Waals surface area contributed by atoms with E-state index in [0.717, 1.165) is 50.3 Å². The van der Waals surface area contributed by atoms with E-state index in [2.05, 4.69) is 22.8 Å². The molecule has 1 fully saturated rings. The minimum absolute atomic E-state index is 0.489. The maximum atomic E-state index is 11.4. The number of nitrogens with zero attached hydrogens (tertiary/aromatic N) is 2. The number of rotatable bonds is 3. The second-order valence-corrected chi connectivity index (χ2v) is 6.07. The molecule has 0 unspecified atom stereocenters. The summed E-state index contributed by atoms with van der Waals surface area (Å²) in [6.45, 7) is 6.73. The summed E-state index contributed by atoms with van der Waals surface area (Å²) in [7, 11) is 0. The zero-order chi connectivity index (χ0) is 14.8. The van der Waals surface area contributed by atoms with Gasteiger partial charge < -0.3 is 14.9 Å². The van der Waals surface area contributed by atoms with E-state index in [1.54, 1.807) is 6.07 Å². The Bertz CT molecular complexity index is 522. The Morgan fingerprint density at radius 1 is 1.29 bits per heavy atom. The molecule has 0 aromatic heterocycles. The molecule has 3 rings (SSSR count). The first-order chi connectivity index (χ1) is 10.2. The number of carboxylic acids is 1. The van der Waals surface area contributed by atoms with Crippen LogP contribution in [0.15, 0.2) is 18.2 Å². The van der Waals surface area contributed by atoms with Crippen molar-refractivity contribution in [2.75, 3.05) is 31.1 Å². The van der Waals surface area contributed by atoms with Gasteiger partial charge in [-0.25, -0.2) is 4.79 Å². The number of anilines is 1. The normalized spacial score (nSPS) is 20.3. The molecule has 0 atom stereocenters. The van der Waals surface area contributed by atoms with Gasteiger partial charge in [0.25, 0.3) is 0 Å². The summed E-state index contributed by atoms with van der Waals surface area (Å²) in [5.74, 6) is -0.797. The topological polar surface area (TPSA) is 43.8 Å². The van der Waals surface area contributed by atoms with E-state index >= 15 is 0 Å². The van der Waals surface area contributed by atoms with Crippen molar-refractivity contribution in [1.82, 2.24) is 4.90 Å². The van der Waals surface area contributed by atoms with Crippen molar-refractivity contribution in [2.24, 2.45) is 0 Å². The van der Waals surface area contributed by atoms with Crippen LogP contribution in [-0.2, 0) is 6.42 Å². The second-order valence-electron chi connectivity index (χ2n) is 6.07. The van der Waals surface area contributed by atoms with Gasteiger partial charge in [-0.2, -0.15) is 0 Å². The highest BCUT2D eigenvalue weighted by Gasteiger charge is 2.29. The molecular formula is C17H24N2O2. The third kappa shape index (κ3) is 2.77. The Hall–Kier alpha value is -1.55. The molecule has 1 aromatic rings. The van der Waals surface area contributed by atoms with Crippen molar-refractivity contribution in [1.29, 1.82) is 0 Å². The number of benzene rings is 1. The van der Waals surface area contributed by atoms with Crippen molar-refractivity contribution in [3.8, 4) is 0 Å². The van der Waals surface area contributed by atoms with E-state index < -0.39 is 5.97 Å². The fraction of sp³-hybridized carbons (Fsp3) is 0.588. The standard InChI is InChI=1S/C17H24N2O2/c1-2-18-11-8-13(9-12-18)19-10-4-6-14-15(17(20)21)5-3-7-16(14)19/h3,5,7,13H,2,4,6,8-12H2,1H3,(H,20,21). The lowest BCUT2D eigenvalue weighted by Crippen LogP contribution is -2.46. The van der Waals surface area contributed by atoms with E-state index in [1.165, 1.54) is 12.8 Å². The molecule has 4 heteroatoms. The van der Waals surface area contributed by atoms with Crippen LogP contribution >= 0.6 is 0 Å². The Labute approximate surface area is 126 Å². The van der Waals surface area contributed by atoms with Gasteiger partial charge in [0.05, 0.1) is 5.56 Å². The van der Waals surface area contributed by atoms with Crippen LogP contribution in [0, 0.1) is 0 Å². The van der Waals surface area contributed by atoms with Crippen molar-refractivity contribution in [2.45, 2.75) is 38.6 Å². The summed E-state index contributed by atoms with van der Waals surface area (Å²) < 4.78 is 0. The average Bonchev–Trinajstić information content (AvgIpc) is 2.53. The highest BCUT2D eigenvalue weighted by molar-refractivity contribution is 5.91. The van der Waals surface area contributed by atoms with Crippen LogP contribution in [0.5, 0.6) is 0 Å². The molecule has 4 nitrogen and oxygen atoms in total. The molecule has 1 N–H and O–H groups in total. The lowest BCUT2D eigenvalue weighted by Gasteiger charge is -2.42. The zero-order valence-electron chi connectivity index (χ0n) is 12.7. The number of hydrogen-bond donors (Lipinski definition) is 1. The minimum Gasteiger partial charge on any atom is -0.478 e. The number of hydrogen-bond acceptors (Lipinski definition) is 3. The molecule has 0 spiro atoms. The molecule has 1 saturated heterocycles. The lowest BCUT2D eigenvalue weighted by molar-refractivity contribution is 0.0695. The summed E-state index contributed by atoms with van der Waals surface area (Å²) in [5, 5.41) is 9.38. The summed E-state index contributed by atoms with van der Waals surface area (Å²) in [6.07, 6.45) is 4.32. The Morgan fingerprint density at radius 3 is 2.71 bits per heavy atom. The number of fused-ring (bicyclic) bond motifs is 1. The summed E-state index contributed by atoms with van der Waals surface area (Å²) >= 11 is 0. The Balaban J connectivity index is 1.84. The third-order valence-electron chi connectivity index (χ3n) is 4.96. The third-order valence-corrected chi connectivity index (χ3v) is 4.96. The number of carboxylic acid groups (broad SMARTS) is 1.